The molecule has 0 fully saturated rings. The molecule has 0 radical (unpaired) electrons. The van der Waals surface area contributed by atoms with Crippen molar-refractivity contribution in [3.63, 3.8) is 0 Å². The van der Waals surface area contributed by atoms with Gasteiger partial charge in [0.25, 0.3) is 5.56 Å². The first-order valence-electron chi connectivity index (χ1n) is 6.20. The zero-order valence-electron chi connectivity index (χ0n) is 11.1. The summed E-state index contributed by atoms with van der Waals surface area (Å²) in [5, 5.41) is 3.29. The van der Waals surface area contributed by atoms with Gasteiger partial charge in [-0.15, -0.1) is 0 Å². The molecule has 0 aliphatic carbocycles. The number of fused-ring (bicyclic) bond motifs is 1. The molecular weight excluding hydrogens is 272 g/mol. The third kappa shape index (κ3) is 2.62. The van der Waals surface area contributed by atoms with Crippen molar-refractivity contribution in [3.8, 4) is 5.75 Å². The number of hydrogen-bond donors (Lipinski definition) is 3. The van der Waals surface area contributed by atoms with Gasteiger partial charge in [0.2, 0.25) is 11.5 Å². The first-order valence-corrected chi connectivity index (χ1v) is 6.20. The predicted octanol–water partition coefficient (Wildman–Crippen LogP) is 1.36. The van der Waals surface area contributed by atoms with Gasteiger partial charge in [-0.1, -0.05) is 6.07 Å². The number of anilines is 2. The molecule has 0 amide bonds. The first kappa shape index (κ1) is 12.9. The Morgan fingerprint density at radius 1 is 1.14 bits per heavy atom. The second kappa shape index (κ2) is 5.12. The van der Waals surface area contributed by atoms with Crippen molar-refractivity contribution in [1.29, 1.82) is 0 Å². The maximum atomic E-state index is 11.9. The van der Waals surface area contributed by atoms with E-state index in [1.807, 2.05) is 6.07 Å². The third-order valence-corrected chi connectivity index (χ3v) is 2.93. The number of rotatable bonds is 3. The highest BCUT2D eigenvalue weighted by Crippen LogP contribution is 2.19. The molecule has 0 atom stereocenters. The van der Waals surface area contributed by atoms with Crippen LogP contribution in [-0.2, 0) is 0 Å². The highest BCUT2D eigenvalue weighted by molar-refractivity contribution is 5.74. The van der Waals surface area contributed by atoms with Crippen molar-refractivity contribution in [2.45, 2.75) is 0 Å². The summed E-state index contributed by atoms with van der Waals surface area (Å²) in [6.07, 6.45) is 0. The molecule has 0 aliphatic heterocycles. The number of benzene rings is 1. The molecule has 2 aromatic heterocycles. The molecule has 3 rings (SSSR count). The summed E-state index contributed by atoms with van der Waals surface area (Å²) in [4.78, 5) is 32.6. The summed E-state index contributed by atoms with van der Waals surface area (Å²) in [6.45, 7) is 0. The molecule has 3 N–H and O–H groups in total. The molecule has 0 unspecified atom stereocenters. The van der Waals surface area contributed by atoms with Crippen LogP contribution in [0.2, 0.25) is 0 Å². The minimum absolute atomic E-state index is 0.233. The van der Waals surface area contributed by atoms with Gasteiger partial charge in [0.15, 0.2) is 0 Å². The molecule has 106 valence electrons. The Balaban J connectivity index is 2.04. The number of methoxy groups -OCH3 is 1. The van der Waals surface area contributed by atoms with Crippen molar-refractivity contribution in [3.05, 3.63) is 57.1 Å². The maximum absolute atomic E-state index is 11.9. The van der Waals surface area contributed by atoms with Gasteiger partial charge in [-0.2, -0.15) is 4.98 Å². The van der Waals surface area contributed by atoms with E-state index >= 15 is 0 Å². The lowest BCUT2D eigenvalue weighted by atomic mass is 10.3. The fourth-order valence-electron chi connectivity index (χ4n) is 1.95. The monoisotopic (exact) mass is 284 g/mol. The topological polar surface area (TPSA) is 99.9 Å². The van der Waals surface area contributed by atoms with Crippen molar-refractivity contribution in [2.24, 2.45) is 0 Å². The minimum Gasteiger partial charge on any atom is -0.497 e. The molecule has 3 aromatic rings. The standard InChI is InChI=1S/C14H12N4O3/c1-21-9-4-2-3-8(7-9)15-14-17-12-10(13(20)18-14)5-6-11(19)16-12/h2-7H,1H3,(H3,15,16,17,18,19,20). The molecular formula is C14H12N4O3. The Hall–Kier alpha value is -3.09. The van der Waals surface area contributed by atoms with E-state index < -0.39 is 0 Å². The lowest BCUT2D eigenvalue weighted by molar-refractivity contribution is 0.415. The normalized spacial score (nSPS) is 10.5. The van der Waals surface area contributed by atoms with Crippen LogP contribution in [0.4, 0.5) is 11.6 Å². The predicted molar refractivity (Wildman–Crippen MR) is 79.3 cm³/mol. The van der Waals surface area contributed by atoms with Crippen LogP contribution in [0.5, 0.6) is 5.75 Å². The molecule has 7 heteroatoms. The molecule has 2 heterocycles. The van der Waals surface area contributed by atoms with Gasteiger partial charge >= 0.3 is 0 Å². The molecule has 0 bridgehead atoms. The summed E-state index contributed by atoms with van der Waals surface area (Å²) in [5.74, 6) is 0.916. The van der Waals surface area contributed by atoms with Gasteiger partial charge in [0, 0.05) is 17.8 Å². The third-order valence-electron chi connectivity index (χ3n) is 2.93. The second-order valence-electron chi connectivity index (χ2n) is 4.36. The van der Waals surface area contributed by atoms with Gasteiger partial charge in [-0.25, -0.2) is 0 Å². The fourth-order valence-corrected chi connectivity index (χ4v) is 1.95. The van der Waals surface area contributed by atoms with E-state index in [1.54, 1.807) is 25.3 Å². The lowest BCUT2D eigenvalue weighted by Crippen LogP contribution is -2.15. The number of nitrogens with one attached hydrogen (secondary N) is 3. The van der Waals surface area contributed by atoms with Crippen molar-refractivity contribution < 1.29 is 4.74 Å². The van der Waals surface area contributed by atoms with Crippen LogP contribution in [0.15, 0.2) is 46.0 Å². The highest BCUT2D eigenvalue weighted by atomic mass is 16.5. The van der Waals surface area contributed by atoms with E-state index in [-0.39, 0.29) is 22.7 Å². The van der Waals surface area contributed by atoms with Crippen LogP contribution in [0.25, 0.3) is 11.0 Å². The number of aromatic amines is 2. The van der Waals surface area contributed by atoms with Crippen molar-refractivity contribution in [1.82, 2.24) is 15.0 Å². The molecule has 0 aliphatic rings. The zero-order valence-corrected chi connectivity index (χ0v) is 11.1. The molecule has 7 nitrogen and oxygen atoms in total. The SMILES string of the molecule is COc1cccc(Nc2nc3[nH]c(=O)ccc3c(=O)[nH]2)c1. The number of hydrogen-bond acceptors (Lipinski definition) is 5. The second-order valence-corrected chi connectivity index (χ2v) is 4.36. The van der Waals surface area contributed by atoms with Crippen molar-refractivity contribution in [2.75, 3.05) is 12.4 Å². The molecule has 0 spiro atoms. The molecule has 0 saturated carbocycles. The van der Waals surface area contributed by atoms with Crippen LogP contribution >= 0.6 is 0 Å². The van der Waals surface area contributed by atoms with Crippen LogP contribution in [0, 0.1) is 0 Å². The summed E-state index contributed by atoms with van der Waals surface area (Å²) in [5.41, 5.74) is 0.293. The lowest BCUT2D eigenvalue weighted by Gasteiger charge is -2.07. The number of aromatic nitrogens is 3. The van der Waals surface area contributed by atoms with E-state index in [0.29, 0.717) is 16.8 Å². The summed E-state index contributed by atoms with van der Waals surface area (Å²) < 4.78 is 5.12. The van der Waals surface area contributed by atoms with Gasteiger partial charge in [0.05, 0.1) is 12.5 Å². The Bertz CT molecular complexity index is 914. The quantitative estimate of drug-likeness (QED) is 0.674. The van der Waals surface area contributed by atoms with E-state index in [9.17, 15) is 9.59 Å². The fraction of sp³-hybridized carbons (Fsp3) is 0.0714. The van der Waals surface area contributed by atoms with E-state index in [2.05, 4.69) is 20.3 Å². The Morgan fingerprint density at radius 3 is 2.81 bits per heavy atom. The van der Waals surface area contributed by atoms with Crippen LogP contribution in [0.3, 0.4) is 0 Å². The smallest absolute Gasteiger partial charge is 0.261 e. The summed E-state index contributed by atoms with van der Waals surface area (Å²) in [7, 11) is 1.57. The Kier molecular flexibility index (Phi) is 3.15. The van der Waals surface area contributed by atoms with E-state index in [0.717, 1.165) is 0 Å². The van der Waals surface area contributed by atoms with Crippen molar-refractivity contribution >= 4 is 22.7 Å². The van der Waals surface area contributed by atoms with Gasteiger partial charge < -0.3 is 15.0 Å². The molecule has 1 aromatic carbocycles. The Morgan fingerprint density at radius 2 is 2.00 bits per heavy atom. The summed E-state index contributed by atoms with van der Waals surface area (Å²) in [6, 6.07) is 9.91. The number of nitrogens with zero attached hydrogens (tertiary/aromatic N) is 1. The van der Waals surface area contributed by atoms with Crippen LogP contribution in [0.1, 0.15) is 0 Å². The largest absolute Gasteiger partial charge is 0.497 e. The van der Waals surface area contributed by atoms with Crippen LogP contribution < -0.4 is 21.2 Å². The van der Waals surface area contributed by atoms with E-state index in [1.165, 1.54) is 12.1 Å². The average molecular weight is 284 g/mol. The minimum atomic E-state index is -0.332. The highest BCUT2D eigenvalue weighted by Gasteiger charge is 2.05. The summed E-state index contributed by atoms with van der Waals surface area (Å²) >= 11 is 0. The average Bonchev–Trinajstić information content (AvgIpc) is 2.47. The maximum Gasteiger partial charge on any atom is 0.261 e. The number of pyridine rings is 1. The van der Waals surface area contributed by atoms with Gasteiger partial charge in [-0.3, -0.25) is 14.6 Å². The first-order chi connectivity index (χ1) is 10.2. The molecule has 0 saturated heterocycles. The Labute approximate surface area is 118 Å². The molecule has 21 heavy (non-hydrogen) atoms. The van der Waals surface area contributed by atoms with Gasteiger partial charge in [-0.05, 0) is 18.2 Å². The van der Waals surface area contributed by atoms with E-state index in [4.69, 9.17) is 4.74 Å². The van der Waals surface area contributed by atoms with Crippen LogP contribution in [-0.4, -0.2) is 22.1 Å². The van der Waals surface area contributed by atoms with Gasteiger partial charge in [0.1, 0.15) is 11.4 Å². The number of ether oxygens (including phenoxy) is 1. The zero-order chi connectivity index (χ0) is 14.8. The number of H-pyrrole nitrogens is 2.